The Morgan fingerprint density at radius 2 is 1.85 bits per heavy atom. The molecule has 3 unspecified atom stereocenters. The van der Waals surface area contributed by atoms with Crippen molar-refractivity contribution >= 4 is 0 Å². The van der Waals surface area contributed by atoms with E-state index in [1.54, 1.807) is 12.1 Å². The van der Waals surface area contributed by atoms with E-state index in [9.17, 15) is 4.39 Å². The third kappa shape index (κ3) is 5.59. The SMILES string of the molecule is CCCCCCC(C)OC(c1ccccc1F)C(C)N. The molecule has 2 nitrogen and oxygen atoms in total. The number of unbranched alkanes of at least 4 members (excludes halogenated alkanes) is 3. The number of halogens is 1. The van der Waals surface area contributed by atoms with Crippen molar-refractivity contribution < 1.29 is 9.13 Å². The summed E-state index contributed by atoms with van der Waals surface area (Å²) in [6, 6.07) is 6.49. The minimum absolute atomic E-state index is 0.0995. The van der Waals surface area contributed by atoms with Crippen LogP contribution >= 0.6 is 0 Å². The summed E-state index contributed by atoms with van der Waals surface area (Å²) in [4.78, 5) is 0. The first kappa shape index (κ1) is 17.1. The van der Waals surface area contributed by atoms with Crippen molar-refractivity contribution in [3.63, 3.8) is 0 Å². The van der Waals surface area contributed by atoms with E-state index in [2.05, 4.69) is 6.92 Å². The largest absolute Gasteiger partial charge is 0.369 e. The molecule has 0 saturated carbocycles. The quantitative estimate of drug-likeness (QED) is 0.672. The summed E-state index contributed by atoms with van der Waals surface area (Å²) in [5.41, 5.74) is 6.53. The number of nitrogens with two attached hydrogens (primary N) is 1. The number of hydrogen-bond donors (Lipinski definition) is 1. The number of rotatable bonds is 9. The molecule has 0 heterocycles. The smallest absolute Gasteiger partial charge is 0.129 e. The Bertz CT molecular complexity index is 381. The monoisotopic (exact) mass is 281 g/mol. The van der Waals surface area contributed by atoms with Crippen LogP contribution in [-0.4, -0.2) is 12.1 Å². The molecule has 1 aromatic carbocycles. The molecule has 0 spiro atoms. The van der Waals surface area contributed by atoms with Crippen molar-refractivity contribution in [2.24, 2.45) is 5.73 Å². The molecule has 2 N–H and O–H groups in total. The van der Waals surface area contributed by atoms with Gasteiger partial charge >= 0.3 is 0 Å². The van der Waals surface area contributed by atoms with Crippen LogP contribution in [0.5, 0.6) is 0 Å². The van der Waals surface area contributed by atoms with Gasteiger partial charge in [-0.05, 0) is 26.3 Å². The van der Waals surface area contributed by atoms with E-state index in [-0.39, 0.29) is 24.1 Å². The molecule has 0 amide bonds. The van der Waals surface area contributed by atoms with Crippen LogP contribution in [0.3, 0.4) is 0 Å². The van der Waals surface area contributed by atoms with Crippen LogP contribution in [0.25, 0.3) is 0 Å². The van der Waals surface area contributed by atoms with Gasteiger partial charge in [0.15, 0.2) is 0 Å². The average molecular weight is 281 g/mol. The number of ether oxygens (including phenoxy) is 1. The minimum atomic E-state index is -0.377. The zero-order chi connectivity index (χ0) is 15.0. The standard InChI is InChI=1S/C17H28FNO/c1-4-5-6-7-10-13(2)20-17(14(3)19)15-11-8-9-12-16(15)18/h8-9,11-14,17H,4-7,10,19H2,1-3H3. The average Bonchev–Trinajstić information content (AvgIpc) is 2.42. The Balaban J connectivity index is 2.57. The van der Waals surface area contributed by atoms with Gasteiger partial charge in [0.25, 0.3) is 0 Å². The van der Waals surface area contributed by atoms with E-state index in [0.717, 1.165) is 12.8 Å². The highest BCUT2D eigenvalue weighted by atomic mass is 19.1. The molecule has 20 heavy (non-hydrogen) atoms. The zero-order valence-corrected chi connectivity index (χ0v) is 12.9. The molecule has 3 heteroatoms. The highest BCUT2D eigenvalue weighted by molar-refractivity contribution is 5.21. The van der Waals surface area contributed by atoms with Gasteiger partial charge < -0.3 is 10.5 Å². The summed E-state index contributed by atoms with van der Waals surface area (Å²) in [6.07, 6.45) is 5.59. The van der Waals surface area contributed by atoms with Crippen molar-refractivity contribution in [1.82, 2.24) is 0 Å². The van der Waals surface area contributed by atoms with Gasteiger partial charge in [0.1, 0.15) is 11.9 Å². The maximum Gasteiger partial charge on any atom is 0.129 e. The van der Waals surface area contributed by atoms with E-state index in [1.165, 1.54) is 25.3 Å². The molecular formula is C17H28FNO. The van der Waals surface area contributed by atoms with Crippen LogP contribution in [0.4, 0.5) is 4.39 Å². The van der Waals surface area contributed by atoms with Crippen molar-refractivity contribution in [1.29, 1.82) is 0 Å². The molecule has 3 atom stereocenters. The van der Waals surface area contributed by atoms with Gasteiger partial charge in [-0.2, -0.15) is 0 Å². The second kappa shape index (κ2) is 9.09. The molecule has 114 valence electrons. The normalized spacial score (nSPS) is 15.8. The van der Waals surface area contributed by atoms with Gasteiger partial charge in [-0.1, -0.05) is 50.8 Å². The molecule has 1 aromatic rings. The Morgan fingerprint density at radius 1 is 1.15 bits per heavy atom. The zero-order valence-electron chi connectivity index (χ0n) is 12.9. The lowest BCUT2D eigenvalue weighted by Crippen LogP contribution is -2.30. The Kier molecular flexibility index (Phi) is 7.78. The highest BCUT2D eigenvalue weighted by Gasteiger charge is 2.22. The summed E-state index contributed by atoms with van der Waals surface area (Å²) in [5.74, 6) is -0.243. The van der Waals surface area contributed by atoms with Crippen molar-refractivity contribution in [2.45, 2.75) is 71.1 Å². The fourth-order valence-corrected chi connectivity index (χ4v) is 2.36. The van der Waals surface area contributed by atoms with Crippen LogP contribution in [-0.2, 0) is 4.74 Å². The maximum atomic E-state index is 13.9. The molecule has 0 aliphatic carbocycles. The van der Waals surface area contributed by atoms with Gasteiger partial charge in [-0.3, -0.25) is 0 Å². The lowest BCUT2D eigenvalue weighted by atomic mass is 10.0. The summed E-state index contributed by atoms with van der Waals surface area (Å²) in [6.45, 7) is 6.10. The molecule has 0 fully saturated rings. The fraction of sp³-hybridized carbons (Fsp3) is 0.647. The first-order chi connectivity index (χ1) is 9.56. The first-order valence-corrected chi connectivity index (χ1v) is 7.71. The summed E-state index contributed by atoms with van der Waals surface area (Å²) in [7, 11) is 0. The van der Waals surface area contributed by atoms with Gasteiger partial charge in [0.2, 0.25) is 0 Å². The Labute approximate surface area is 122 Å². The van der Waals surface area contributed by atoms with E-state index in [4.69, 9.17) is 10.5 Å². The van der Waals surface area contributed by atoms with Gasteiger partial charge in [-0.25, -0.2) is 4.39 Å². The molecule has 0 aliphatic heterocycles. The summed E-state index contributed by atoms with van der Waals surface area (Å²) in [5, 5.41) is 0. The second-order valence-electron chi connectivity index (χ2n) is 5.60. The molecule has 0 saturated heterocycles. The molecule has 0 radical (unpaired) electrons. The van der Waals surface area contributed by atoms with E-state index in [1.807, 2.05) is 19.9 Å². The van der Waals surface area contributed by atoms with Crippen LogP contribution < -0.4 is 5.73 Å². The maximum absolute atomic E-state index is 13.9. The minimum Gasteiger partial charge on any atom is -0.369 e. The number of benzene rings is 1. The van der Waals surface area contributed by atoms with E-state index >= 15 is 0 Å². The van der Waals surface area contributed by atoms with Crippen molar-refractivity contribution in [3.05, 3.63) is 35.6 Å². The summed E-state index contributed by atoms with van der Waals surface area (Å²) < 4.78 is 19.9. The number of hydrogen-bond acceptors (Lipinski definition) is 2. The van der Waals surface area contributed by atoms with Crippen LogP contribution in [0.2, 0.25) is 0 Å². The van der Waals surface area contributed by atoms with E-state index < -0.39 is 0 Å². The molecule has 0 aliphatic rings. The van der Waals surface area contributed by atoms with Gasteiger partial charge in [0.05, 0.1) is 6.10 Å². The third-order valence-corrected chi connectivity index (χ3v) is 3.53. The third-order valence-electron chi connectivity index (χ3n) is 3.53. The predicted molar refractivity (Wildman–Crippen MR) is 82.1 cm³/mol. The van der Waals surface area contributed by atoms with Gasteiger partial charge in [-0.15, -0.1) is 0 Å². The first-order valence-electron chi connectivity index (χ1n) is 7.71. The van der Waals surface area contributed by atoms with E-state index in [0.29, 0.717) is 5.56 Å². The molecular weight excluding hydrogens is 253 g/mol. The second-order valence-corrected chi connectivity index (χ2v) is 5.60. The fourth-order valence-electron chi connectivity index (χ4n) is 2.36. The molecule has 1 rings (SSSR count). The lowest BCUT2D eigenvalue weighted by molar-refractivity contribution is -0.0211. The van der Waals surface area contributed by atoms with Crippen molar-refractivity contribution in [3.8, 4) is 0 Å². The molecule has 0 aromatic heterocycles. The Morgan fingerprint density at radius 3 is 2.45 bits per heavy atom. The molecule has 0 bridgehead atoms. The van der Waals surface area contributed by atoms with Crippen LogP contribution in [0.1, 0.15) is 64.5 Å². The lowest BCUT2D eigenvalue weighted by Gasteiger charge is -2.26. The topological polar surface area (TPSA) is 35.2 Å². The van der Waals surface area contributed by atoms with Crippen LogP contribution in [0.15, 0.2) is 24.3 Å². The summed E-state index contributed by atoms with van der Waals surface area (Å²) >= 11 is 0. The van der Waals surface area contributed by atoms with Crippen molar-refractivity contribution in [2.75, 3.05) is 0 Å². The Hall–Kier alpha value is -0.930. The predicted octanol–water partition coefficient (Wildman–Crippen LogP) is 4.59. The van der Waals surface area contributed by atoms with Crippen LogP contribution in [0, 0.1) is 5.82 Å². The highest BCUT2D eigenvalue weighted by Crippen LogP contribution is 2.25. The van der Waals surface area contributed by atoms with Gasteiger partial charge in [0, 0.05) is 11.6 Å².